The highest BCUT2D eigenvalue weighted by atomic mass is 16.5. The lowest BCUT2D eigenvalue weighted by Crippen LogP contribution is -2.35. The molecule has 0 atom stereocenters. The molecule has 2 aromatic carbocycles. The average Bonchev–Trinajstić information content (AvgIpc) is 3.11. The van der Waals surface area contributed by atoms with E-state index < -0.39 is 5.91 Å². The van der Waals surface area contributed by atoms with Gasteiger partial charge in [0, 0.05) is 43.5 Å². The highest BCUT2D eigenvalue weighted by Crippen LogP contribution is 2.23. The van der Waals surface area contributed by atoms with Gasteiger partial charge in [-0.1, -0.05) is 0 Å². The number of benzene rings is 2. The maximum Gasteiger partial charge on any atom is 0.253 e. The largest absolute Gasteiger partial charge is 0.457 e. The predicted octanol–water partition coefficient (Wildman–Crippen LogP) is 3.20. The number of nitrogens with zero attached hydrogens (tertiary/aromatic N) is 4. The standard InChI is InChI=1S/C25H23N5O3/c26-17-20-3-1-12-28-24(20)29-13-2-14-30(16-15-29)25(32)19-6-10-22(11-7-19)33-21-8-4-18(5-9-21)23(27)31/h1,3-12H,2,13-16H2,(H2,27,31). The molecule has 0 spiro atoms. The van der Waals surface area contributed by atoms with Gasteiger partial charge in [0.05, 0.1) is 5.56 Å². The van der Waals surface area contributed by atoms with Crippen LogP contribution >= 0.6 is 0 Å². The van der Waals surface area contributed by atoms with Crippen LogP contribution in [0.5, 0.6) is 11.5 Å². The third kappa shape index (κ3) is 5.10. The molecule has 1 saturated heterocycles. The Morgan fingerprint density at radius 2 is 1.58 bits per heavy atom. The summed E-state index contributed by atoms with van der Waals surface area (Å²) in [6.07, 6.45) is 2.47. The van der Waals surface area contributed by atoms with Gasteiger partial charge in [0.15, 0.2) is 0 Å². The maximum atomic E-state index is 13.0. The number of rotatable bonds is 5. The van der Waals surface area contributed by atoms with Crippen molar-refractivity contribution in [1.82, 2.24) is 9.88 Å². The van der Waals surface area contributed by atoms with Gasteiger partial charge < -0.3 is 20.3 Å². The average molecular weight is 441 g/mol. The van der Waals surface area contributed by atoms with Crippen LogP contribution in [0.4, 0.5) is 5.82 Å². The second-order valence-corrected chi connectivity index (χ2v) is 7.63. The summed E-state index contributed by atoms with van der Waals surface area (Å²) in [5.74, 6) is 1.28. The molecule has 0 aliphatic carbocycles. The molecule has 3 aromatic rings. The zero-order chi connectivity index (χ0) is 23.2. The molecule has 0 saturated carbocycles. The molecular formula is C25H23N5O3. The maximum absolute atomic E-state index is 13.0. The zero-order valence-corrected chi connectivity index (χ0v) is 18.0. The molecule has 33 heavy (non-hydrogen) atoms. The van der Waals surface area contributed by atoms with Crippen molar-refractivity contribution in [3.05, 3.63) is 83.6 Å². The highest BCUT2D eigenvalue weighted by molar-refractivity contribution is 5.94. The van der Waals surface area contributed by atoms with Gasteiger partial charge in [0.2, 0.25) is 5.91 Å². The van der Waals surface area contributed by atoms with Crippen LogP contribution < -0.4 is 15.4 Å². The van der Waals surface area contributed by atoms with Crippen LogP contribution in [0.15, 0.2) is 66.9 Å². The van der Waals surface area contributed by atoms with Crippen LogP contribution in [-0.2, 0) is 0 Å². The second kappa shape index (κ2) is 9.83. The fourth-order valence-electron chi connectivity index (χ4n) is 3.74. The van der Waals surface area contributed by atoms with E-state index in [4.69, 9.17) is 10.5 Å². The first kappa shape index (κ1) is 21.8. The van der Waals surface area contributed by atoms with E-state index in [0.29, 0.717) is 53.6 Å². The Labute approximate surface area is 191 Å². The smallest absolute Gasteiger partial charge is 0.253 e. The molecule has 0 radical (unpaired) electrons. The van der Waals surface area contributed by atoms with Crippen LogP contribution in [0, 0.1) is 11.3 Å². The van der Waals surface area contributed by atoms with Gasteiger partial charge in [0.25, 0.3) is 5.91 Å². The molecule has 2 heterocycles. The number of carbonyl (C=O) groups is 2. The fourth-order valence-corrected chi connectivity index (χ4v) is 3.74. The van der Waals surface area contributed by atoms with Crippen molar-refractivity contribution in [2.45, 2.75) is 6.42 Å². The lowest BCUT2D eigenvalue weighted by atomic mass is 10.2. The summed E-state index contributed by atoms with van der Waals surface area (Å²) in [6.45, 7) is 2.52. The molecule has 0 unspecified atom stereocenters. The molecule has 2 amide bonds. The molecule has 8 heteroatoms. The number of hydrogen-bond acceptors (Lipinski definition) is 6. The summed E-state index contributed by atoms with van der Waals surface area (Å²) in [6, 6.07) is 19.2. The summed E-state index contributed by atoms with van der Waals surface area (Å²) in [4.78, 5) is 32.5. The van der Waals surface area contributed by atoms with Crippen molar-refractivity contribution in [3.8, 4) is 17.6 Å². The van der Waals surface area contributed by atoms with Crippen molar-refractivity contribution < 1.29 is 14.3 Å². The predicted molar refractivity (Wildman–Crippen MR) is 123 cm³/mol. The summed E-state index contributed by atoms with van der Waals surface area (Å²) in [7, 11) is 0. The highest BCUT2D eigenvalue weighted by Gasteiger charge is 2.22. The topological polar surface area (TPSA) is 113 Å². The first-order valence-electron chi connectivity index (χ1n) is 10.6. The Hall–Kier alpha value is -4.38. The van der Waals surface area contributed by atoms with E-state index in [2.05, 4.69) is 16.0 Å². The number of amides is 2. The van der Waals surface area contributed by atoms with E-state index in [1.54, 1.807) is 66.9 Å². The first-order chi connectivity index (χ1) is 16.0. The van der Waals surface area contributed by atoms with E-state index in [0.717, 1.165) is 13.0 Å². The van der Waals surface area contributed by atoms with Gasteiger partial charge >= 0.3 is 0 Å². The third-order valence-corrected chi connectivity index (χ3v) is 5.47. The number of primary amides is 1. The first-order valence-corrected chi connectivity index (χ1v) is 10.6. The molecule has 1 aliphatic rings. The van der Waals surface area contributed by atoms with Crippen LogP contribution in [-0.4, -0.2) is 47.9 Å². The number of carbonyl (C=O) groups excluding carboxylic acids is 2. The molecule has 8 nitrogen and oxygen atoms in total. The quantitative estimate of drug-likeness (QED) is 0.651. The fraction of sp³-hybridized carbons (Fsp3) is 0.200. The number of hydrogen-bond donors (Lipinski definition) is 1. The molecule has 1 aliphatic heterocycles. The summed E-state index contributed by atoms with van der Waals surface area (Å²) >= 11 is 0. The zero-order valence-electron chi connectivity index (χ0n) is 18.0. The summed E-state index contributed by atoms with van der Waals surface area (Å²) in [5.41, 5.74) is 6.78. The number of pyridine rings is 1. The van der Waals surface area contributed by atoms with Crippen molar-refractivity contribution in [1.29, 1.82) is 5.26 Å². The number of anilines is 1. The van der Waals surface area contributed by atoms with E-state index in [1.807, 2.05) is 4.90 Å². The van der Waals surface area contributed by atoms with Gasteiger partial charge in [-0.05, 0) is 67.1 Å². The Balaban J connectivity index is 1.39. The number of ether oxygens (including phenoxy) is 1. The van der Waals surface area contributed by atoms with Gasteiger partial charge in [0.1, 0.15) is 23.4 Å². The molecule has 1 fully saturated rings. The number of nitrogens with two attached hydrogens (primary N) is 1. The Bertz CT molecular complexity index is 1190. The Morgan fingerprint density at radius 3 is 2.21 bits per heavy atom. The SMILES string of the molecule is N#Cc1cccnc1N1CCCN(C(=O)c2ccc(Oc3ccc(C(N)=O)cc3)cc2)CC1. The monoisotopic (exact) mass is 441 g/mol. The van der Waals surface area contributed by atoms with E-state index >= 15 is 0 Å². The Morgan fingerprint density at radius 1 is 0.909 bits per heavy atom. The van der Waals surface area contributed by atoms with E-state index in [1.165, 1.54) is 0 Å². The van der Waals surface area contributed by atoms with Crippen molar-refractivity contribution in [2.75, 3.05) is 31.1 Å². The minimum absolute atomic E-state index is 0.0456. The minimum atomic E-state index is -0.494. The van der Waals surface area contributed by atoms with Crippen molar-refractivity contribution >= 4 is 17.6 Å². The van der Waals surface area contributed by atoms with Crippen molar-refractivity contribution in [3.63, 3.8) is 0 Å². The number of nitriles is 1. The third-order valence-electron chi connectivity index (χ3n) is 5.47. The van der Waals surface area contributed by atoms with Crippen molar-refractivity contribution in [2.24, 2.45) is 5.73 Å². The molecule has 4 rings (SSSR count). The second-order valence-electron chi connectivity index (χ2n) is 7.63. The van der Waals surface area contributed by atoms with Crippen LogP contribution in [0.1, 0.15) is 32.7 Å². The van der Waals surface area contributed by atoms with E-state index in [9.17, 15) is 14.9 Å². The number of aromatic nitrogens is 1. The van der Waals surface area contributed by atoms with Gasteiger partial charge in [-0.2, -0.15) is 5.26 Å². The lowest BCUT2D eigenvalue weighted by Gasteiger charge is -2.23. The van der Waals surface area contributed by atoms with Gasteiger partial charge in [-0.25, -0.2) is 4.98 Å². The lowest BCUT2D eigenvalue weighted by molar-refractivity contribution is 0.0766. The summed E-state index contributed by atoms with van der Waals surface area (Å²) in [5, 5.41) is 9.35. The van der Waals surface area contributed by atoms with Crippen LogP contribution in [0.25, 0.3) is 0 Å². The van der Waals surface area contributed by atoms with E-state index in [-0.39, 0.29) is 5.91 Å². The molecule has 166 valence electrons. The normalized spacial score (nSPS) is 13.7. The molecule has 0 bridgehead atoms. The van der Waals surface area contributed by atoms with Gasteiger partial charge in [-0.3, -0.25) is 9.59 Å². The molecule has 2 N–H and O–H groups in total. The minimum Gasteiger partial charge on any atom is -0.457 e. The molecular weight excluding hydrogens is 418 g/mol. The Kier molecular flexibility index (Phi) is 6.51. The summed E-state index contributed by atoms with van der Waals surface area (Å²) < 4.78 is 5.78. The van der Waals surface area contributed by atoms with Gasteiger partial charge in [-0.15, -0.1) is 0 Å². The van der Waals surface area contributed by atoms with Crippen LogP contribution in [0.3, 0.4) is 0 Å². The molecule has 1 aromatic heterocycles. The van der Waals surface area contributed by atoms with Crippen LogP contribution in [0.2, 0.25) is 0 Å².